The molecule has 3 nitrogen and oxygen atoms in total. The van der Waals surface area contributed by atoms with Crippen molar-refractivity contribution in [3.8, 4) is 11.5 Å². The molecule has 0 aliphatic heterocycles. The molecule has 0 aliphatic rings. The number of carbonyl (C=O) groups excluding carboxylic acids is 1. The van der Waals surface area contributed by atoms with E-state index in [2.05, 4.69) is 0 Å². The summed E-state index contributed by atoms with van der Waals surface area (Å²) in [4.78, 5) is 11.1. The fourth-order valence-electron chi connectivity index (χ4n) is 2.03. The summed E-state index contributed by atoms with van der Waals surface area (Å²) in [6.07, 6.45) is 0. The van der Waals surface area contributed by atoms with E-state index in [1.807, 2.05) is 50.2 Å². The van der Waals surface area contributed by atoms with E-state index in [4.69, 9.17) is 9.47 Å². The van der Waals surface area contributed by atoms with E-state index in [0.717, 1.165) is 22.4 Å². The lowest BCUT2D eigenvalue weighted by Crippen LogP contribution is -2.05. The van der Waals surface area contributed by atoms with Crippen LogP contribution < -0.4 is 9.47 Å². The molecule has 0 atom stereocenters. The van der Waals surface area contributed by atoms with Gasteiger partial charge in [0, 0.05) is 12.5 Å². The van der Waals surface area contributed by atoms with Crippen molar-refractivity contribution in [1.82, 2.24) is 0 Å². The topological polar surface area (TPSA) is 35.5 Å². The van der Waals surface area contributed by atoms with Gasteiger partial charge in [0.2, 0.25) is 0 Å². The van der Waals surface area contributed by atoms with Gasteiger partial charge in [0.15, 0.2) is 0 Å². The third kappa shape index (κ3) is 3.38. The van der Waals surface area contributed by atoms with E-state index in [0.29, 0.717) is 12.4 Å². The van der Waals surface area contributed by atoms with E-state index >= 15 is 0 Å². The normalized spacial score (nSPS) is 10.2. The average Bonchev–Trinajstić information content (AvgIpc) is 2.43. The zero-order valence-corrected chi connectivity index (χ0v) is 12.0. The third-order valence-corrected chi connectivity index (χ3v) is 3.03. The lowest BCUT2D eigenvalue weighted by Gasteiger charge is -2.15. The lowest BCUT2D eigenvalue weighted by molar-refractivity contribution is -0.131. The van der Waals surface area contributed by atoms with Gasteiger partial charge in [0.25, 0.3) is 0 Å². The molecule has 0 amide bonds. The Morgan fingerprint density at radius 1 is 1.05 bits per heavy atom. The quantitative estimate of drug-likeness (QED) is 0.626. The fraction of sp³-hybridized carbons (Fsp3) is 0.235. The maximum Gasteiger partial charge on any atom is 0.308 e. The highest BCUT2D eigenvalue weighted by Crippen LogP contribution is 2.31. The van der Waals surface area contributed by atoms with Crippen LogP contribution in [-0.4, -0.2) is 5.97 Å². The highest BCUT2D eigenvalue weighted by Gasteiger charge is 2.11. The molecule has 0 spiro atoms. The Balaban J connectivity index is 2.20. The van der Waals surface area contributed by atoms with E-state index in [9.17, 15) is 4.79 Å². The third-order valence-electron chi connectivity index (χ3n) is 3.03. The molecule has 2 aromatic carbocycles. The first kappa shape index (κ1) is 14.1. The summed E-state index contributed by atoms with van der Waals surface area (Å²) in [7, 11) is 0. The van der Waals surface area contributed by atoms with Crippen LogP contribution in [0.5, 0.6) is 11.5 Å². The van der Waals surface area contributed by atoms with Gasteiger partial charge < -0.3 is 9.47 Å². The van der Waals surface area contributed by atoms with Crippen LogP contribution >= 0.6 is 0 Å². The van der Waals surface area contributed by atoms with Crippen molar-refractivity contribution >= 4 is 5.97 Å². The van der Waals surface area contributed by atoms with Crippen molar-refractivity contribution in [3.63, 3.8) is 0 Å². The molecule has 0 aromatic heterocycles. The number of carbonyl (C=O) groups is 1. The summed E-state index contributed by atoms with van der Waals surface area (Å²) in [5.74, 6) is 0.990. The molecule has 3 heteroatoms. The molecule has 0 saturated carbocycles. The van der Waals surface area contributed by atoms with Crippen LogP contribution in [0.15, 0.2) is 42.5 Å². The Morgan fingerprint density at radius 2 is 1.75 bits per heavy atom. The van der Waals surface area contributed by atoms with Gasteiger partial charge in [-0.25, -0.2) is 0 Å². The molecule has 20 heavy (non-hydrogen) atoms. The van der Waals surface area contributed by atoms with Crippen LogP contribution in [0, 0.1) is 13.8 Å². The molecule has 0 N–H and O–H groups in total. The largest absolute Gasteiger partial charge is 0.488 e. The number of esters is 1. The molecule has 0 saturated heterocycles. The van der Waals surface area contributed by atoms with Crippen molar-refractivity contribution in [2.45, 2.75) is 27.4 Å². The number of ether oxygens (including phenoxy) is 2. The summed E-state index contributed by atoms with van der Waals surface area (Å²) in [5, 5.41) is 0. The van der Waals surface area contributed by atoms with Gasteiger partial charge in [0.1, 0.15) is 18.1 Å². The van der Waals surface area contributed by atoms with Crippen LogP contribution in [0.25, 0.3) is 0 Å². The smallest absolute Gasteiger partial charge is 0.308 e. The molecule has 2 aromatic rings. The van der Waals surface area contributed by atoms with Crippen LogP contribution in [0.1, 0.15) is 23.6 Å². The molecule has 2 rings (SSSR count). The predicted molar refractivity (Wildman–Crippen MR) is 78.0 cm³/mol. The molecular weight excluding hydrogens is 252 g/mol. The number of benzene rings is 2. The Labute approximate surface area is 119 Å². The standard InChI is InChI=1S/C17H18O3/c1-12-9-10-16(20-14(3)18)13(2)17(12)19-11-15-7-5-4-6-8-15/h4-10H,11H2,1-3H3. The van der Waals surface area contributed by atoms with E-state index in [1.54, 1.807) is 6.07 Å². The van der Waals surface area contributed by atoms with E-state index < -0.39 is 0 Å². The van der Waals surface area contributed by atoms with E-state index in [-0.39, 0.29) is 5.97 Å². The minimum atomic E-state index is -0.328. The second-order valence-electron chi connectivity index (χ2n) is 4.70. The summed E-state index contributed by atoms with van der Waals surface area (Å²) in [6.45, 7) is 5.76. The van der Waals surface area contributed by atoms with E-state index in [1.165, 1.54) is 6.92 Å². The summed E-state index contributed by atoms with van der Waals surface area (Å²) in [6, 6.07) is 13.6. The average molecular weight is 270 g/mol. The second kappa shape index (κ2) is 6.24. The maximum absolute atomic E-state index is 11.1. The second-order valence-corrected chi connectivity index (χ2v) is 4.70. The van der Waals surface area contributed by atoms with Crippen molar-refractivity contribution < 1.29 is 14.3 Å². The summed E-state index contributed by atoms with van der Waals surface area (Å²) in [5.41, 5.74) is 2.97. The molecule has 0 aliphatic carbocycles. The monoisotopic (exact) mass is 270 g/mol. The van der Waals surface area contributed by atoms with Crippen molar-refractivity contribution in [2.24, 2.45) is 0 Å². The molecule has 0 fully saturated rings. The highest BCUT2D eigenvalue weighted by atomic mass is 16.5. The number of rotatable bonds is 4. The molecule has 0 heterocycles. The molecular formula is C17H18O3. The minimum Gasteiger partial charge on any atom is -0.488 e. The van der Waals surface area contributed by atoms with Crippen LogP contribution in [0.2, 0.25) is 0 Å². The van der Waals surface area contributed by atoms with Gasteiger partial charge in [-0.05, 0) is 31.0 Å². The first-order valence-electron chi connectivity index (χ1n) is 6.53. The fourth-order valence-corrected chi connectivity index (χ4v) is 2.03. The van der Waals surface area contributed by atoms with Crippen LogP contribution in [0.3, 0.4) is 0 Å². The Bertz CT molecular complexity index is 603. The number of hydrogen-bond donors (Lipinski definition) is 0. The highest BCUT2D eigenvalue weighted by molar-refractivity contribution is 5.70. The van der Waals surface area contributed by atoms with Gasteiger partial charge in [-0.2, -0.15) is 0 Å². The van der Waals surface area contributed by atoms with Crippen molar-refractivity contribution in [3.05, 3.63) is 59.2 Å². The first-order valence-corrected chi connectivity index (χ1v) is 6.53. The first-order chi connectivity index (χ1) is 9.58. The summed E-state index contributed by atoms with van der Waals surface area (Å²) >= 11 is 0. The molecule has 0 unspecified atom stereocenters. The zero-order valence-electron chi connectivity index (χ0n) is 12.0. The molecule has 0 bridgehead atoms. The lowest BCUT2D eigenvalue weighted by atomic mass is 10.1. The Morgan fingerprint density at radius 3 is 2.40 bits per heavy atom. The number of aryl methyl sites for hydroxylation is 1. The number of hydrogen-bond acceptors (Lipinski definition) is 3. The summed E-state index contributed by atoms with van der Waals surface area (Å²) < 4.78 is 11.1. The van der Waals surface area contributed by atoms with Gasteiger partial charge in [0.05, 0.1) is 0 Å². The predicted octanol–water partition coefficient (Wildman–Crippen LogP) is 3.81. The van der Waals surface area contributed by atoms with Gasteiger partial charge in [-0.1, -0.05) is 36.4 Å². The van der Waals surface area contributed by atoms with Gasteiger partial charge in [-0.3, -0.25) is 4.79 Å². The molecule has 0 radical (unpaired) electrons. The van der Waals surface area contributed by atoms with Crippen molar-refractivity contribution in [1.29, 1.82) is 0 Å². The Kier molecular flexibility index (Phi) is 4.41. The molecule has 104 valence electrons. The minimum absolute atomic E-state index is 0.328. The van der Waals surface area contributed by atoms with Gasteiger partial charge in [-0.15, -0.1) is 0 Å². The Hall–Kier alpha value is -2.29. The zero-order chi connectivity index (χ0) is 14.5. The van der Waals surface area contributed by atoms with Crippen LogP contribution in [0.4, 0.5) is 0 Å². The SMILES string of the molecule is CC(=O)Oc1ccc(C)c(OCc2ccccc2)c1C. The van der Waals surface area contributed by atoms with Crippen molar-refractivity contribution in [2.75, 3.05) is 0 Å². The maximum atomic E-state index is 11.1. The van der Waals surface area contributed by atoms with Gasteiger partial charge >= 0.3 is 5.97 Å². The van der Waals surface area contributed by atoms with Crippen LogP contribution in [-0.2, 0) is 11.4 Å².